The fraction of sp³-hybridized carbons (Fsp3) is 0.500. The number of aromatic carboxylic acids is 1. The Labute approximate surface area is 673 Å². The van der Waals surface area contributed by atoms with Crippen molar-refractivity contribution in [2.45, 2.75) is 147 Å². The molecule has 0 radical (unpaired) electrons. The van der Waals surface area contributed by atoms with Crippen molar-refractivity contribution in [3.8, 4) is 0 Å². The van der Waals surface area contributed by atoms with Crippen LogP contribution in [0.15, 0.2) is 182 Å². The minimum absolute atomic E-state index is 0. The fourth-order valence-corrected chi connectivity index (χ4v) is 15.8. The number of likely N-dealkylation sites (tertiary alicyclic amines) is 6. The molecule has 7 aromatic carbocycles. The topological polar surface area (TPSA) is 145 Å². The predicted octanol–water partition coefficient (Wildman–Crippen LogP) is 17.5. The van der Waals surface area contributed by atoms with E-state index in [0.29, 0.717) is 17.2 Å². The highest BCUT2D eigenvalue weighted by molar-refractivity contribution is 6.30. The van der Waals surface area contributed by atoms with Crippen LogP contribution < -0.4 is 15.5 Å². The number of piperazine rings is 1. The smallest absolute Gasteiger partial charge is 0.337 e. The maximum atomic E-state index is 10.5. The fourth-order valence-electron chi connectivity index (χ4n) is 15.7. The predicted molar refractivity (Wildman–Crippen MR) is 469 cm³/mol. The Kier molecular flexibility index (Phi) is 38.3. The molecule has 0 bridgehead atoms. The summed E-state index contributed by atoms with van der Waals surface area (Å²) in [6.07, 6.45) is 15.8. The third kappa shape index (κ3) is 28.7. The molecule has 16 nitrogen and oxygen atoms in total. The van der Waals surface area contributed by atoms with Crippen LogP contribution in [0.3, 0.4) is 0 Å². The summed E-state index contributed by atoms with van der Waals surface area (Å²) in [5.74, 6) is 0.548. The molecule has 0 atom stereocenters. The molecule has 0 aliphatic carbocycles. The number of aliphatic hydroxyl groups excluding tert-OH is 1. The summed E-state index contributed by atoms with van der Waals surface area (Å²) in [6.45, 7) is 32.9. The Balaban J connectivity index is 0.000000176. The number of rotatable bonds is 10. The van der Waals surface area contributed by atoms with Crippen molar-refractivity contribution in [3.63, 3.8) is 0 Å². The summed E-state index contributed by atoms with van der Waals surface area (Å²) in [6, 6.07) is 61.5. The highest BCUT2D eigenvalue weighted by Crippen LogP contribution is 2.37. The lowest BCUT2D eigenvalue weighted by Crippen LogP contribution is -2.45. The summed E-state index contributed by atoms with van der Waals surface area (Å²) >= 11 is 5.87. The number of carbonyl (C=O) groups is 1. The number of likely N-dealkylation sites (N-methyl/N-ethyl adjacent to an activating group) is 1. The first-order valence-electron chi connectivity index (χ1n) is 40.5. The average molecular weight is 1530 g/mol. The van der Waals surface area contributed by atoms with Gasteiger partial charge in [0.15, 0.2) is 0 Å². The van der Waals surface area contributed by atoms with Crippen LogP contribution >= 0.6 is 11.6 Å². The molecular formula is C94H135ClN12O4. The maximum absolute atomic E-state index is 10.5. The molecule has 0 saturated carbocycles. The summed E-state index contributed by atoms with van der Waals surface area (Å²) in [5, 5.41) is 36.0. The van der Waals surface area contributed by atoms with Gasteiger partial charge in [0.05, 0.1) is 23.3 Å². The van der Waals surface area contributed by atoms with Crippen LogP contribution in [0, 0.1) is 27.3 Å². The summed E-state index contributed by atoms with van der Waals surface area (Å²) < 4.78 is 0. The van der Waals surface area contributed by atoms with Crippen LogP contribution in [0.25, 0.3) is 15.7 Å². The van der Waals surface area contributed by atoms with Crippen molar-refractivity contribution in [2.24, 2.45) is 0 Å². The monoisotopic (exact) mass is 1530 g/mol. The zero-order valence-corrected chi connectivity index (χ0v) is 69.1. The zero-order valence-electron chi connectivity index (χ0n) is 68.4. The van der Waals surface area contributed by atoms with Crippen LogP contribution in [0.1, 0.15) is 158 Å². The molecule has 111 heavy (non-hydrogen) atoms. The third-order valence-corrected chi connectivity index (χ3v) is 23.7. The van der Waals surface area contributed by atoms with Gasteiger partial charge in [0.25, 0.3) is 5.54 Å². The molecule has 0 spiro atoms. The second-order valence-corrected chi connectivity index (χ2v) is 31.9. The Bertz CT molecular complexity index is 3960. The molecule has 0 unspecified atom stereocenters. The second kappa shape index (κ2) is 47.0. The quantitative estimate of drug-likeness (QED) is 0.0828. The number of nitrogens with zero attached hydrogens (tertiary/aromatic N) is 10. The highest BCUT2D eigenvalue weighted by Gasteiger charge is 2.41. The van der Waals surface area contributed by atoms with E-state index in [0.717, 1.165) is 110 Å². The number of benzene rings is 7. The van der Waals surface area contributed by atoms with Crippen LogP contribution in [-0.4, -0.2) is 228 Å². The summed E-state index contributed by atoms with van der Waals surface area (Å²) in [4.78, 5) is 38.3. The van der Waals surface area contributed by atoms with E-state index in [-0.39, 0.29) is 19.6 Å². The van der Waals surface area contributed by atoms with Gasteiger partial charge in [-0.15, -0.1) is 0 Å². The molecule has 1 aromatic heterocycles. The van der Waals surface area contributed by atoms with Gasteiger partial charge < -0.3 is 70.0 Å². The third-order valence-electron chi connectivity index (χ3n) is 23.4. The van der Waals surface area contributed by atoms with Crippen molar-refractivity contribution < 1.29 is 20.1 Å². The van der Waals surface area contributed by atoms with E-state index in [4.69, 9.17) is 28.4 Å². The molecule has 0 amide bonds. The van der Waals surface area contributed by atoms with E-state index in [9.17, 15) is 9.90 Å². The van der Waals surface area contributed by atoms with E-state index in [1.807, 2.05) is 105 Å². The molecule has 602 valence electrons. The van der Waals surface area contributed by atoms with E-state index in [1.54, 1.807) is 31.3 Å². The van der Waals surface area contributed by atoms with Crippen LogP contribution in [-0.2, 0) is 17.7 Å². The first-order valence-corrected chi connectivity index (χ1v) is 40.9. The number of hydrogen-bond donors (Lipinski definition) is 5. The van der Waals surface area contributed by atoms with Crippen molar-refractivity contribution in [1.82, 2.24) is 39.3 Å². The number of fused-ring (bicyclic) bond motifs is 1. The molecule has 5 N–H and O–H groups in total. The number of halogens is 1. The molecule has 8 heterocycles. The lowest BCUT2D eigenvalue weighted by atomic mass is 9.82. The number of para-hydroxylation sites is 2. The van der Waals surface area contributed by atoms with Gasteiger partial charge in [0.1, 0.15) is 0 Å². The molecule has 7 saturated heterocycles. The maximum Gasteiger partial charge on any atom is 0.337 e. The Morgan fingerprint density at radius 1 is 0.514 bits per heavy atom. The lowest BCUT2D eigenvalue weighted by molar-refractivity contribution is -0.0203. The standard InChI is InChI=1S/C13H20N2.C13H16N2.C13H19NO.C12H16ClN.C12H17NO.C11H12N2.C11H22N2.C8H9NO2.CH4/c1-11-5-4-6-13(12(11)2)15-9-7-14(3)8-10-15;1-14-13(8-10-15(2)11-9-13)12-6-4-3-5-7-12;1-14-8-6-13(7-9-14)12-4-2-11(10-15)3-5-12;1-14-8-6-11(7-9-14)10-2-4-12(13)5-3-10;1-13-9-7-12(14,8-10-13)11-5-3-2-4-6-11;1-8-7-11(12-2)9-5-3-4-6-10(9)13-8;1-12-9-5-11(6-10-12)13-7-3-2-4-8-13;1-9-7-5-3-2-4-6(7)8(10)11;/h4-6H,7-10H2,1-3H3;3-7H,8-11H2,2H3;2-5,13,15H,6-10H2,1H3;2-5,11H,6-9H2,1H3;2-6,14H,7-10H2,1H3;3-7H,1-2H3,(H,12,13);11H,2-10H2,1H3;2-5,9H,1H3,(H,10,11);1H4. The van der Waals surface area contributed by atoms with E-state index in [2.05, 4.69) is 183 Å². The van der Waals surface area contributed by atoms with Crippen molar-refractivity contribution >= 4 is 45.5 Å². The average Bonchev–Trinajstić information content (AvgIpc) is 0.830. The number of hydrogen-bond acceptors (Lipinski definition) is 14. The van der Waals surface area contributed by atoms with Gasteiger partial charge in [-0.1, -0.05) is 165 Å². The normalized spacial score (nSPS) is 18.7. The van der Waals surface area contributed by atoms with Crippen LogP contribution in [0.4, 0.5) is 17.1 Å². The summed E-state index contributed by atoms with van der Waals surface area (Å²) in [7, 11) is 16.7. The number of aromatic nitrogens is 1. The highest BCUT2D eigenvalue weighted by atomic mass is 35.5. The van der Waals surface area contributed by atoms with Gasteiger partial charge in [0.2, 0.25) is 0 Å². The van der Waals surface area contributed by atoms with Crippen molar-refractivity contribution in [3.05, 3.63) is 249 Å². The van der Waals surface area contributed by atoms with Crippen molar-refractivity contribution in [2.75, 3.05) is 177 Å². The number of piperidine rings is 6. The molecule has 17 heteroatoms. The van der Waals surface area contributed by atoms with Gasteiger partial charge >= 0.3 is 5.97 Å². The minimum Gasteiger partial charge on any atom is -0.478 e. The number of nitrogens with one attached hydrogen (secondary N) is 2. The van der Waals surface area contributed by atoms with Gasteiger partial charge in [-0.3, -0.25) is 4.98 Å². The first-order chi connectivity index (χ1) is 53.1. The van der Waals surface area contributed by atoms with Gasteiger partial charge in [-0.05, 0) is 267 Å². The second-order valence-electron chi connectivity index (χ2n) is 31.4. The molecule has 15 rings (SSSR count). The summed E-state index contributed by atoms with van der Waals surface area (Å²) in [5.41, 5.74) is 13.7. The Morgan fingerprint density at radius 2 is 0.973 bits per heavy atom. The van der Waals surface area contributed by atoms with E-state index >= 15 is 0 Å². The number of aliphatic hydroxyl groups is 2. The minimum atomic E-state index is -0.907. The van der Waals surface area contributed by atoms with E-state index < -0.39 is 11.6 Å². The first kappa shape index (κ1) is 90.4. The number of carboxylic acid groups (broad SMARTS) is 1. The van der Waals surface area contributed by atoms with Crippen LogP contribution in [0.5, 0.6) is 0 Å². The Hall–Kier alpha value is -7.76. The molecule has 8 aromatic rings. The van der Waals surface area contributed by atoms with Crippen molar-refractivity contribution in [1.29, 1.82) is 0 Å². The molecular weight excluding hydrogens is 1400 g/mol. The molecule has 7 aliphatic rings. The largest absolute Gasteiger partial charge is 0.478 e. The van der Waals surface area contributed by atoms with Gasteiger partial charge in [-0.2, -0.15) is 0 Å². The number of carboxylic acids is 1. The van der Waals surface area contributed by atoms with Crippen LogP contribution in [0.2, 0.25) is 5.02 Å². The number of anilines is 3. The zero-order chi connectivity index (χ0) is 78.8. The lowest BCUT2D eigenvalue weighted by Gasteiger charge is -2.39. The Morgan fingerprint density at radius 3 is 1.48 bits per heavy atom. The molecule has 7 aliphatic heterocycles. The SMILES string of the molecule is C.CN1CCC(N2CCCCC2)CC1.CN1CCC(O)(c2ccccc2)CC1.CN1CCC(c2ccc(CO)cc2)CC1.CN1CCC(c2ccc(Cl)cc2)CC1.CNc1cc(C)nc2ccccc12.CNc1ccccc1C(=O)O.Cc1cccc(N2CCN(C)CC2)c1C.[C-]#[N+]C1(c2ccccc2)CCN(C)CC1. The van der Waals surface area contributed by atoms with Gasteiger partial charge in [0, 0.05) is 124 Å². The number of pyridine rings is 1. The van der Waals surface area contributed by atoms with E-state index in [1.165, 1.54) is 162 Å². The molecule has 7 fully saturated rings. The number of aryl methyl sites for hydroxylation is 2. The van der Waals surface area contributed by atoms with Gasteiger partial charge in [-0.25, -0.2) is 11.4 Å².